The normalized spacial score (nSPS) is 10.3. The fourth-order valence-corrected chi connectivity index (χ4v) is 1.68. The second kappa shape index (κ2) is 5.87. The summed E-state index contributed by atoms with van der Waals surface area (Å²) in [6, 6.07) is 0. The maximum absolute atomic E-state index is 11.3. The monoisotopic (exact) mass is 275 g/mol. The number of likely N-dealkylation sites (N-methyl/N-ethyl adjacent to an activating group) is 1. The van der Waals surface area contributed by atoms with Crippen molar-refractivity contribution in [3.63, 3.8) is 0 Å². The van der Waals surface area contributed by atoms with Crippen LogP contribution in [0, 0.1) is 0 Å². The van der Waals surface area contributed by atoms with Gasteiger partial charge in [-0.1, -0.05) is 0 Å². The van der Waals surface area contributed by atoms with Gasteiger partial charge in [-0.15, -0.1) is 0 Å². The number of ether oxygens (including phenoxy) is 1. The van der Waals surface area contributed by atoms with Crippen LogP contribution in [0.5, 0.6) is 0 Å². The van der Waals surface area contributed by atoms with Crippen molar-refractivity contribution in [3.05, 3.63) is 21.2 Å². The first kappa shape index (κ1) is 12.2. The second-order valence-electron chi connectivity index (χ2n) is 2.94. The predicted octanol–water partition coefficient (Wildman–Crippen LogP) is 1.01. The molecular weight excluding hydrogens is 262 g/mol. The maximum Gasteiger partial charge on any atom is 0.267 e. The van der Waals surface area contributed by atoms with Crippen LogP contribution < -0.4 is 10.5 Å². The van der Waals surface area contributed by atoms with E-state index in [-0.39, 0.29) is 5.56 Å². The minimum Gasteiger partial charge on any atom is -0.383 e. The smallest absolute Gasteiger partial charge is 0.267 e. The van der Waals surface area contributed by atoms with Crippen molar-refractivity contribution in [3.8, 4) is 0 Å². The molecule has 0 aliphatic rings. The lowest BCUT2D eigenvalue weighted by molar-refractivity contribution is 0.205. The maximum atomic E-state index is 11.3. The van der Waals surface area contributed by atoms with Crippen LogP contribution in [-0.4, -0.2) is 36.8 Å². The Morgan fingerprint density at radius 2 is 2.40 bits per heavy atom. The van der Waals surface area contributed by atoms with Gasteiger partial charge in [0.1, 0.15) is 10.3 Å². The first-order chi connectivity index (χ1) is 7.20. The number of nitrogens with zero attached hydrogens (tertiary/aromatic N) is 2. The number of hydrogen-bond donors (Lipinski definition) is 1. The largest absolute Gasteiger partial charge is 0.383 e. The van der Waals surface area contributed by atoms with Gasteiger partial charge in [-0.2, -0.15) is 0 Å². The van der Waals surface area contributed by atoms with Gasteiger partial charge in [0.15, 0.2) is 0 Å². The van der Waals surface area contributed by atoms with Gasteiger partial charge in [0.05, 0.1) is 12.9 Å². The lowest BCUT2D eigenvalue weighted by Gasteiger charge is -2.21. The van der Waals surface area contributed by atoms with Gasteiger partial charge in [-0.25, -0.2) is 4.98 Å². The zero-order chi connectivity index (χ0) is 11.3. The molecule has 6 heteroatoms. The van der Waals surface area contributed by atoms with Gasteiger partial charge >= 0.3 is 0 Å². The van der Waals surface area contributed by atoms with Crippen LogP contribution in [-0.2, 0) is 4.74 Å². The number of methoxy groups -OCH3 is 1. The topological polar surface area (TPSA) is 58.2 Å². The quantitative estimate of drug-likeness (QED) is 0.871. The van der Waals surface area contributed by atoms with E-state index in [2.05, 4.69) is 25.9 Å². The van der Waals surface area contributed by atoms with Crippen molar-refractivity contribution < 1.29 is 4.74 Å². The number of aromatic amines is 1. The van der Waals surface area contributed by atoms with Crippen LogP contribution >= 0.6 is 15.9 Å². The summed E-state index contributed by atoms with van der Waals surface area (Å²) in [5.41, 5.74) is -0.170. The van der Waals surface area contributed by atoms with Crippen LogP contribution in [0.1, 0.15) is 6.92 Å². The molecule has 0 saturated heterocycles. The van der Waals surface area contributed by atoms with E-state index in [1.807, 2.05) is 11.8 Å². The van der Waals surface area contributed by atoms with Gasteiger partial charge in [-0.3, -0.25) is 4.79 Å². The number of anilines is 1. The van der Waals surface area contributed by atoms with Crippen LogP contribution in [0.25, 0.3) is 0 Å². The Kier molecular flexibility index (Phi) is 4.77. The number of halogens is 1. The lowest BCUT2D eigenvalue weighted by atomic mass is 10.4. The SMILES string of the molecule is CCN(CCOC)c1nc[nH]c(=O)c1Br. The van der Waals surface area contributed by atoms with E-state index in [4.69, 9.17) is 4.74 Å². The summed E-state index contributed by atoms with van der Waals surface area (Å²) in [7, 11) is 1.65. The van der Waals surface area contributed by atoms with Crippen LogP contribution in [0.3, 0.4) is 0 Å². The summed E-state index contributed by atoms with van der Waals surface area (Å²) in [4.78, 5) is 19.9. The van der Waals surface area contributed by atoms with E-state index < -0.39 is 0 Å². The Labute approximate surface area is 96.6 Å². The molecule has 1 heterocycles. The number of rotatable bonds is 5. The molecule has 5 nitrogen and oxygen atoms in total. The number of aromatic nitrogens is 2. The van der Waals surface area contributed by atoms with Crippen molar-refractivity contribution in [1.82, 2.24) is 9.97 Å². The fourth-order valence-electron chi connectivity index (χ4n) is 1.21. The minimum atomic E-state index is -0.170. The minimum absolute atomic E-state index is 0.170. The van der Waals surface area contributed by atoms with Crippen LogP contribution in [0.2, 0.25) is 0 Å². The zero-order valence-corrected chi connectivity index (χ0v) is 10.4. The third-order valence-electron chi connectivity index (χ3n) is 2.02. The van der Waals surface area contributed by atoms with Crippen molar-refractivity contribution in [2.24, 2.45) is 0 Å². The molecule has 1 aromatic heterocycles. The highest BCUT2D eigenvalue weighted by molar-refractivity contribution is 9.10. The fraction of sp³-hybridized carbons (Fsp3) is 0.556. The summed E-state index contributed by atoms with van der Waals surface area (Å²) in [6.45, 7) is 4.10. The second-order valence-corrected chi connectivity index (χ2v) is 3.73. The Hall–Kier alpha value is -0.880. The van der Waals surface area contributed by atoms with Crippen molar-refractivity contribution >= 4 is 21.7 Å². The van der Waals surface area contributed by atoms with Crippen LogP contribution in [0.15, 0.2) is 15.6 Å². The third kappa shape index (κ3) is 3.04. The molecule has 1 N–H and O–H groups in total. The van der Waals surface area contributed by atoms with Crippen molar-refractivity contribution in [2.45, 2.75) is 6.92 Å². The molecule has 0 saturated carbocycles. The molecule has 0 amide bonds. The highest BCUT2D eigenvalue weighted by atomic mass is 79.9. The molecule has 1 rings (SSSR count). The molecule has 0 radical (unpaired) electrons. The summed E-state index contributed by atoms with van der Waals surface area (Å²) in [6.07, 6.45) is 1.40. The molecular formula is C9H14BrN3O2. The summed E-state index contributed by atoms with van der Waals surface area (Å²) in [5, 5.41) is 0. The van der Waals surface area contributed by atoms with Crippen molar-refractivity contribution in [1.29, 1.82) is 0 Å². The van der Waals surface area contributed by atoms with E-state index in [9.17, 15) is 4.79 Å². The molecule has 84 valence electrons. The van der Waals surface area contributed by atoms with Gasteiger partial charge in [0.25, 0.3) is 5.56 Å². The standard InChI is InChI=1S/C9H14BrN3O2/c1-3-13(4-5-15-2)8-7(10)9(14)12-6-11-8/h6H,3-5H2,1-2H3,(H,11,12,14). The molecule has 0 unspecified atom stereocenters. The summed E-state index contributed by atoms with van der Waals surface area (Å²) >= 11 is 3.22. The molecule has 0 aliphatic heterocycles. The van der Waals surface area contributed by atoms with Gasteiger partial charge in [-0.05, 0) is 22.9 Å². The Balaban J connectivity index is 2.91. The number of hydrogen-bond acceptors (Lipinski definition) is 4. The van der Waals surface area contributed by atoms with Gasteiger partial charge in [0, 0.05) is 20.2 Å². The summed E-state index contributed by atoms with van der Waals surface area (Å²) in [5.74, 6) is 0.651. The van der Waals surface area contributed by atoms with E-state index in [1.54, 1.807) is 7.11 Å². The lowest BCUT2D eigenvalue weighted by Crippen LogP contribution is -2.29. The highest BCUT2D eigenvalue weighted by Gasteiger charge is 2.11. The first-order valence-corrected chi connectivity index (χ1v) is 5.47. The molecule has 0 aliphatic carbocycles. The van der Waals surface area contributed by atoms with E-state index in [0.717, 1.165) is 6.54 Å². The summed E-state index contributed by atoms with van der Waals surface area (Å²) < 4.78 is 5.46. The average Bonchev–Trinajstić information content (AvgIpc) is 2.25. The van der Waals surface area contributed by atoms with Gasteiger partial charge < -0.3 is 14.6 Å². The Bertz CT molecular complexity index is 367. The van der Waals surface area contributed by atoms with E-state index in [1.165, 1.54) is 6.33 Å². The van der Waals surface area contributed by atoms with Crippen LogP contribution in [0.4, 0.5) is 5.82 Å². The molecule has 0 aromatic carbocycles. The molecule has 0 spiro atoms. The average molecular weight is 276 g/mol. The molecule has 0 fully saturated rings. The molecule has 0 bridgehead atoms. The third-order valence-corrected chi connectivity index (χ3v) is 2.74. The predicted molar refractivity (Wildman–Crippen MR) is 62.3 cm³/mol. The van der Waals surface area contributed by atoms with E-state index >= 15 is 0 Å². The molecule has 0 atom stereocenters. The van der Waals surface area contributed by atoms with E-state index in [0.29, 0.717) is 23.4 Å². The Morgan fingerprint density at radius 1 is 1.67 bits per heavy atom. The molecule has 15 heavy (non-hydrogen) atoms. The first-order valence-electron chi connectivity index (χ1n) is 4.67. The van der Waals surface area contributed by atoms with Crippen molar-refractivity contribution in [2.75, 3.05) is 31.7 Å². The Morgan fingerprint density at radius 3 is 3.00 bits per heavy atom. The zero-order valence-electron chi connectivity index (χ0n) is 8.79. The van der Waals surface area contributed by atoms with Gasteiger partial charge in [0.2, 0.25) is 0 Å². The number of nitrogens with one attached hydrogen (secondary N) is 1. The highest BCUT2D eigenvalue weighted by Crippen LogP contribution is 2.18. The molecule has 1 aromatic rings. The number of H-pyrrole nitrogens is 1.